The molecule has 0 spiro atoms. The molecule has 0 aromatic heterocycles. The molecule has 4 rings (SSSR count). The monoisotopic (exact) mass is 500 g/mol. The van der Waals surface area contributed by atoms with Crippen molar-refractivity contribution in [1.29, 1.82) is 0 Å². The summed E-state index contributed by atoms with van der Waals surface area (Å²) in [7, 11) is 1.72. The summed E-state index contributed by atoms with van der Waals surface area (Å²) >= 11 is 0. The number of ether oxygens (including phenoxy) is 2. The third-order valence-electron chi connectivity index (χ3n) is 7.44. The number of nitrogens with zero attached hydrogens (tertiary/aromatic N) is 1. The summed E-state index contributed by atoms with van der Waals surface area (Å²) < 4.78 is 38.3. The van der Waals surface area contributed by atoms with Gasteiger partial charge in [-0.15, -0.1) is 0 Å². The number of hydrogen-bond donors (Lipinski definition) is 1. The molecular weight excluding hydrogens is 462 g/mol. The molecule has 1 saturated carbocycles. The molecule has 1 heterocycles. The molecule has 1 aliphatic carbocycles. The van der Waals surface area contributed by atoms with Crippen molar-refractivity contribution >= 4 is 5.91 Å². The molecule has 1 aliphatic heterocycles. The average Bonchev–Trinajstić information content (AvgIpc) is 3.71. The number of aryl methyl sites for hydroxylation is 2. The van der Waals surface area contributed by atoms with Crippen molar-refractivity contribution in [2.24, 2.45) is 5.92 Å². The van der Waals surface area contributed by atoms with Gasteiger partial charge in [0, 0.05) is 32.8 Å². The maximum Gasteiger partial charge on any atom is 0.230 e. The standard InChI is InChI=1S/C29H38F2N2O3/c1-19-13-21(5-4-12-35-3)14-23(20(19)2)17-33(24-7-8-24)29(34)25-16-32-11-10-28(25)36-18-22-6-9-26(30)27(31)15-22/h6,9,13-15,24-25,28,32H,4-5,7-8,10-12,16-18H2,1-3H3. The normalized spacial score (nSPS) is 19.9. The molecule has 1 N–H and O–H groups in total. The van der Waals surface area contributed by atoms with E-state index in [1.165, 1.54) is 28.3 Å². The smallest absolute Gasteiger partial charge is 0.230 e. The Morgan fingerprint density at radius 3 is 2.61 bits per heavy atom. The highest BCUT2D eigenvalue weighted by Crippen LogP contribution is 2.33. The number of carbonyl (C=O) groups excluding carboxylic acids is 1. The second kappa shape index (κ2) is 12.3. The molecule has 2 aromatic rings. The van der Waals surface area contributed by atoms with Crippen LogP contribution in [0.5, 0.6) is 0 Å². The molecular formula is C29H38F2N2O3. The quantitative estimate of drug-likeness (QED) is 0.449. The number of methoxy groups -OCH3 is 1. The van der Waals surface area contributed by atoms with Crippen LogP contribution < -0.4 is 5.32 Å². The molecule has 2 aliphatic rings. The Morgan fingerprint density at radius 1 is 1.08 bits per heavy atom. The van der Waals surface area contributed by atoms with E-state index in [1.807, 2.05) is 4.90 Å². The highest BCUT2D eigenvalue weighted by atomic mass is 19.2. The van der Waals surface area contributed by atoms with Crippen LogP contribution in [-0.2, 0) is 33.8 Å². The molecule has 1 amide bonds. The molecule has 2 unspecified atom stereocenters. The Balaban J connectivity index is 1.47. The van der Waals surface area contributed by atoms with E-state index in [1.54, 1.807) is 7.11 Å². The van der Waals surface area contributed by atoms with E-state index in [0.717, 1.165) is 51.0 Å². The van der Waals surface area contributed by atoms with E-state index >= 15 is 0 Å². The minimum atomic E-state index is -0.885. The van der Waals surface area contributed by atoms with Crippen molar-refractivity contribution in [2.45, 2.75) is 71.2 Å². The Labute approximate surface area is 213 Å². The van der Waals surface area contributed by atoms with Crippen LogP contribution in [0.15, 0.2) is 30.3 Å². The Kier molecular flexibility index (Phi) is 9.09. The van der Waals surface area contributed by atoms with Gasteiger partial charge in [-0.05, 0) is 92.4 Å². The number of amides is 1. The molecule has 196 valence electrons. The molecule has 2 atom stereocenters. The number of hydrogen-bond acceptors (Lipinski definition) is 4. The molecule has 1 saturated heterocycles. The summed E-state index contributed by atoms with van der Waals surface area (Å²) in [5.41, 5.74) is 5.52. The lowest BCUT2D eigenvalue weighted by Crippen LogP contribution is -2.50. The Hall–Kier alpha value is -2.35. The van der Waals surface area contributed by atoms with Gasteiger partial charge in [-0.1, -0.05) is 18.2 Å². The third kappa shape index (κ3) is 6.69. The van der Waals surface area contributed by atoms with Gasteiger partial charge in [-0.25, -0.2) is 8.78 Å². The van der Waals surface area contributed by atoms with Gasteiger partial charge < -0.3 is 19.7 Å². The van der Waals surface area contributed by atoms with Gasteiger partial charge >= 0.3 is 0 Å². The van der Waals surface area contributed by atoms with Crippen molar-refractivity contribution in [1.82, 2.24) is 10.2 Å². The van der Waals surface area contributed by atoms with Gasteiger partial charge in [0.25, 0.3) is 0 Å². The molecule has 0 radical (unpaired) electrons. The van der Waals surface area contributed by atoms with Gasteiger partial charge in [0.15, 0.2) is 11.6 Å². The van der Waals surface area contributed by atoms with E-state index in [-0.39, 0.29) is 30.6 Å². The van der Waals surface area contributed by atoms with E-state index in [9.17, 15) is 13.6 Å². The van der Waals surface area contributed by atoms with Crippen LogP contribution >= 0.6 is 0 Å². The van der Waals surface area contributed by atoms with Crippen LogP contribution in [0.2, 0.25) is 0 Å². The lowest BCUT2D eigenvalue weighted by molar-refractivity contribution is -0.144. The van der Waals surface area contributed by atoms with Crippen LogP contribution in [-0.4, -0.2) is 49.8 Å². The first-order valence-corrected chi connectivity index (χ1v) is 13.0. The van der Waals surface area contributed by atoms with Crippen LogP contribution in [0.25, 0.3) is 0 Å². The fourth-order valence-corrected chi connectivity index (χ4v) is 5.03. The minimum absolute atomic E-state index is 0.113. The second-order valence-corrected chi connectivity index (χ2v) is 10.2. The number of rotatable bonds is 11. The molecule has 36 heavy (non-hydrogen) atoms. The van der Waals surface area contributed by atoms with E-state index in [2.05, 4.69) is 31.3 Å². The zero-order valence-corrected chi connectivity index (χ0v) is 21.6. The zero-order valence-electron chi connectivity index (χ0n) is 21.6. The van der Waals surface area contributed by atoms with Crippen LogP contribution in [0.3, 0.4) is 0 Å². The molecule has 0 bridgehead atoms. The average molecular weight is 501 g/mol. The molecule has 5 nitrogen and oxygen atoms in total. The van der Waals surface area contributed by atoms with Crippen LogP contribution in [0.4, 0.5) is 8.78 Å². The zero-order chi connectivity index (χ0) is 25.7. The predicted octanol–water partition coefficient (Wildman–Crippen LogP) is 4.85. The summed E-state index contributed by atoms with van der Waals surface area (Å²) in [5, 5.41) is 3.35. The first-order chi connectivity index (χ1) is 17.4. The summed E-state index contributed by atoms with van der Waals surface area (Å²) in [6, 6.07) is 8.55. The minimum Gasteiger partial charge on any atom is -0.385 e. The van der Waals surface area contributed by atoms with Crippen LogP contribution in [0, 0.1) is 31.4 Å². The highest BCUT2D eigenvalue weighted by Gasteiger charge is 2.40. The van der Waals surface area contributed by atoms with E-state index < -0.39 is 11.6 Å². The van der Waals surface area contributed by atoms with Crippen molar-refractivity contribution < 1.29 is 23.0 Å². The third-order valence-corrected chi connectivity index (χ3v) is 7.44. The van der Waals surface area contributed by atoms with Crippen molar-refractivity contribution in [2.75, 3.05) is 26.8 Å². The number of halogens is 2. The van der Waals surface area contributed by atoms with Crippen LogP contribution in [0.1, 0.15) is 53.5 Å². The summed E-state index contributed by atoms with van der Waals surface area (Å²) in [6.07, 6.45) is 4.40. The first-order valence-electron chi connectivity index (χ1n) is 13.0. The lowest BCUT2D eigenvalue weighted by Gasteiger charge is -2.35. The van der Waals surface area contributed by atoms with Crippen molar-refractivity contribution in [3.8, 4) is 0 Å². The van der Waals surface area contributed by atoms with Gasteiger partial charge in [0.05, 0.1) is 18.6 Å². The largest absolute Gasteiger partial charge is 0.385 e. The maximum atomic E-state index is 13.9. The summed E-state index contributed by atoms with van der Waals surface area (Å²) in [4.78, 5) is 15.9. The van der Waals surface area contributed by atoms with E-state index in [4.69, 9.17) is 9.47 Å². The second-order valence-electron chi connectivity index (χ2n) is 10.2. The van der Waals surface area contributed by atoms with Gasteiger partial charge in [-0.2, -0.15) is 0 Å². The first kappa shape index (κ1) is 26.7. The predicted molar refractivity (Wildman–Crippen MR) is 136 cm³/mol. The molecule has 2 aromatic carbocycles. The van der Waals surface area contributed by atoms with Crippen molar-refractivity contribution in [3.05, 3.63) is 69.8 Å². The van der Waals surface area contributed by atoms with Gasteiger partial charge in [0.2, 0.25) is 5.91 Å². The molecule has 7 heteroatoms. The number of carbonyl (C=O) groups is 1. The van der Waals surface area contributed by atoms with Gasteiger partial charge in [-0.3, -0.25) is 4.79 Å². The highest BCUT2D eigenvalue weighted by molar-refractivity contribution is 5.80. The fourth-order valence-electron chi connectivity index (χ4n) is 5.03. The Bertz CT molecular complexity index is 1060. The maximum absolute atomic E-state index is 13.9. The SMILES string of the molecule is COCCCc1cc(C)c(C)c(CN(C(=O)C2CNCCC2OCc2ccc(F)c(F)c2)C2CC2)c1. The molecule has 2 fully saturated rings. The number of piperidine rings is 1. The topological polar surface area (TPSA) is 50.8 Å². The Morgan fingerprint density at radius 2 is 1.89 bits per heavy atom. The fraction of sp³-hybridized carbons (Fsp3) is 0.552. The summed E-state index contributed by atoms with van der Waals surface area (Å²) in [6.45, 7) is 7.06. The summed E-state index contributed by atoms with van der Waals surface area (Å²) in [5.74, 6) is -1.95. The van der Waals surface area contributed by atoms with Crippen molar-refractivity contribution in [3.63, 3.8) is 0 Å². The number of benzene rings is 2. The van der Waals surface area contributed by atoms with E-state index in [0.29, 0.717) is 25.1 Å². The lowest BCUT2D eigenvalue weighted by atomic mass is 9.93. The van der Waals surface area contributed by atoms with Gasteiger partial charge in [0.1, 0.15) is 0 Å². The number of nitrogens with one attached hydrogen (secondary N) is 1.